The Balaban J connectivity index is 1.17. The SMILES string of the molecule is C1=CC(c2cc(-c3ccc(-c4c5ccccc5c(-c5ccnc6ccccc56)c5ccccc45)cc3)c(-c3ccccc3)c(-c3ccccc3)c2-c2ccccc2)=CCC1. The summed E-state index contributed by atoms with van der Waals surface area (Å²) in [6.45, 7) is 0. The monoisotopic (exact) mass is 763 g/mol. The van der Waals surface area contributed by atoms with Gasteiger partial charge in [-0.2, -0.15) is 0 Å². The summed E-state index contributed by atoms with van der Waals surface area (Å²) in [5.41, 5.74) is 18.2. The maximum absolute atomic E-state index is 4.72. The number of pyridine rings is 1. The van der Waals surface area contributed by atoms with Crippen LogP contribution in [0.5, 0.6) is 0 Å². The standard InChI is InChI=1S/C59H41N/c1-5-19-40(20-6-1)52-39-53(57(43-23-9-3-10-24-43)58(44-25-11-4-12-26-44)56(52)42-21-7-2-8-22-42)41-33-35-45(36-34-41)55-47-28-13-15-30-49(47)59(50-31-16-14-29-48(50)55)51-37-38-60-54-32-18-17-27-46(51)54/h2-5,7-39H,1,6H2. The molecule has 0 N–H and O–H groups in total. The summed E-state index contributed by atoms with van der Waals surface area (Å²) in [5, 5.41) is 6.11. The molecule has 1 nitrogen and oxygen atoms in total. The average Bonchev–Trinajstić information content (AvgIpc) is 3.33. The summed E-state index contributed by atoms with van der Waals surface area (Å²) in [7, 11) is 0. The van der Waals surface area contributed by atoms with Crippen LogP contribution in [0.2, 0.25) is 0 Å². The van der Waals surface area contributed by atoms with Crippen molar-refractivity contribution in [3.63, 3.8) is 0 Å². The zero-order chi connectivity index (χ0) is 39.8. The zero-order valence-electron chi connectivity index (χ0n) is 33.2. The van der Waals surface area contributed by atoms with Crippen LogP contribution in [0.15, 0.2) is 225 Å². The summed E-state index contributed by atoms with van der Waals surface area (Å²) in [5.74, 6) is 0. The highest BCUT2D eigenvalue weighted by atomic mass is 14.6. The molecule has 282 valence electrons. The number of para-hydroxylation sites is 1. The fourth-order valence-electron chi connectivity index (χ4n) is 9.51. The van der Waals surface area contributed by atoms with Gasteiger partial charge in [0, 0.05) is 11.6 Å². The van der Waals surface area contributed by atoms with Gasteiger partial charge in [-0.05, 0) is 130 Å². The number of hydrogen-bond donors (Lipinski definition) is 0. The molecule has 11 rings (SSSR count). The van der Waals surface area contributed by atoms with E-state index in [2.05, 4.69) is 218 Å². The van der Waals surface area contributed by atoms with Gasteiger partial charge in [-0.15, -0.1) is 0 Å². The second-order valence-electron chi connectivity index (χ2n) is 15.6. The van der Waals surface area contributed by atoms with Crippen LogP contribution in [0.25, 0.3) is 105 Å². The number of rotatable bonds is 7. The highest BCUT2D eigenvalue weighted by molar-refractivity contribution is 6.23. The normalized spacial score (nSPS) is 12.6. The Bertz CT molecular complexity index is 3200. The lowest BCUT2D eigenvalue weighted by Gasteiger charge is -2.25. The fraction of sp³-hybridized carbons (Fsp3) is 0.0339. The molecule has 0 saturated heterocycles. The van der Waals surface area contributed by atoms with E-state index in [1.54, 1.807) is 0 Å². The lowest BCUT2D eigenvalue weighted by molar-refractivity contribution is 1.04. The highest BCUT2D eigenvalue weighted by Gasteiger charge is 2.25. The molecule has 10 aromatic rings. The minimum absolute atomic E-state index is 1.00. The molecule has 0 bridgehead atoms. The largest absolute Gasteiger partial charge is 0.256 e. The molecule has 0 aliphatic heterocycles. The maximum atomic E-state index is 4.72. The Morgan fingerprint density at radius 3 is 1.35 bits per heavy atom. The Morgan fingerprint density at radius 1 is 0.317 bits per heavy atom. The van der Waals surface area contributed by atoms with Gasteiger partial charge in [-0.3, -0.25) is 4.98 Å². The number of allylic oxidation sites excluding steroid dienone is 4. The Kier molecular flexibility index (Phi) is 9.06. The Morgan fingerprint density at radius 2 is 0.783 bits per heavy atom. The third-order valence-corrected chi connectivity index (χ3v) is 12.2. The first-order chi connectivity index (χ1) is 29.8. The first-order valence-corrected chi connectivity index (χ1v) is 20.9. The molecule has 9 aromatic carbocycles. The maximum Gasteiger partial charge on any atom is 0.0708 e. The number of hydrogen-bond acceptors (Lipinski definition) is 1. The molecule has 0 amide bonds. The van der Waals surface area contributed by atoms with Gasteiger partial charge in [-0.25, -0.2) is 0 Å². The molecular formula is C59H41N. The van der Waals surface area contributed by atoms with Gasteiger partial charge in [-0.1, -0.05) is 200 Å². The van der Waals surface area contributed by atoms with E-state index in [4.69, 9.17) is 4.98 Å². The molecule has 0 unspecified atom stereocenters. The smallest absolute Gasteiger partial charge is 0.0708 e. The van der Waals surface area contributed by atoms with Crippen LogP contribution in [-0.2, 0) is 0 Å². The Labute approximate surface area is 351 Å². The van der Waals surface area contributed by atoms with Crippen molar-refractivity contribution in [3.05, 3.63) is 230 Å². The van der Waals surface area contributed by atoms with E-state index in [1.165, 1.54) is 99.4 Å². The van der Waals surface area contributed by atoms with Crippen molar-refractivity contribution in [3.8, 4) is 66.8 Å². The second-order valence-corrected chi connectivity index (χ2v) is 15.6. The van der Waals surface area contributed by atoms with E-state index in [9.17, 15) is 0 Å². The minimum atomic E-state index is 1.00. The molecule has 0 atom stereocenters. The highest BCUT2D eigenvalue weighted by Crippen LogP contribution is 2.50. The summed E-state index contributed by atoms with van der Waals surface area (Å²) >= 11 is 0. The molecule has 0 radical (unpaired) electrons. The number of nitrogens with zero attached hydrogens (tertiary/aromatic N) is 1. The first kappa shape index (κ1) is 35.5. The van der Waals surface area contributed by atoms with Gasteiger partial charge in [0.15, 0.2) is 0 Å². The van der Waals surface area contributed by atoms with Crippen LogP contribution in [0.1, 0.15) is 18.4 Å². The third-order valence-electron chi connectivity index (χ3n) is 12.2. The molecule has 1 aromatic heterocycles. The fourth-order valence-corrected chi connectivity index (χ4v) is 9.51. The summed E-state index contributed by atoms with van der Waals surface area (Å²) in [6, 6.07) is 73.2. The molecule has 1 heterocycles. The van der Waals surface area contributed by atoms with Crippen molar-refractivity contribution in [1.82, 2.24) is 4.98 Å². The van der Waals surface area contributed by atoms with E-state index in [-0.39, 0.29) is 0 Å². The van der Waals surface area contributed by atoms with Crippen LogP contribution >= 0.6 is 0 Å². The summed E-state index contributed by atoms with van der Waals surface area (Å²) < 4.78 is 0. The van der Waals surface area contributed by atoms with Crippen molar-refractivity contribution in [2.75, 3.05) is 0 Å². The van der Waals surface area contributed by atoms with Crippen molar-refractivity contribution in [1.29, 1.82) is 0 Å². The zero-order valence-corrected chi connectivity index (χ0v) is 33.2. The van der Waals surface area contributed by atoms with Crippen molar-refractivity contribution in [2.45, 2.75) is 12.8 Å². The molecular weight excluding hydrogens is 723 g/mol. The van der Waals surface area contributed by atoms with Gasteiger partial charge in [0.1, 0.15) is 0 Å². The number of aromatic nitrogens is 1. The number of fused-ring (bicyclic) bond motifs is 3. The molecule has 1 heteroatoms. The van der Waals surface area contributed by atoms with E-state index in [1.807, 2.05) is 6.20 Å². The molecule has 1 aliphatic carbocycles. The minimum Gasteiger partial charge on any atom is -0.256 e. The molecule has 0 fully saturated rings. The van der Waals surface area contributed by atoms with Gasteiger partial charge < -0.3 is 0 Å². The summed E-state index contributed by atoms with van der Waals surface area (Å²) in [4.78, 5) is 4.72. The predicted octanol–water partition coefficient (Wildman–Crippen LogP) is 16.3. The van der Waals surface area contributed by atoms with Gasteiger partial charge in [0.25, 0.3) is 0 Å². The van der Waals surface area contributed by atoms with Crippen LogP contribution in [0.4, 0.5) is 0 Å². The Hall–Kier alpha value is -7.61. The van der Waals surface area contributed by atoms with Crippen LogP contribution < -0.4 is 0 Å². The van der Waals surface area contributed by atoms with E-state index < -0.39 is 0 Å². The van der Waals surface area contributed by atoms with Crippen molar-refractivity contribution in [2.24, 2.45) is 0 Å². The van der Waals surface area contributed by atoms with E-state index >= 15 is 0 Å². The van der Waals surface area contributed by atoms with Crippen LogP contribution in [0, 0.1) is 0 Å². The lowest BCUT2D eigenvalue weighted by atomic mass is 9.78. The molecule has 60 heavy (non-hydrogen) atoms. The predicted molar refractivity (Wildman–Crippen MR) is 256 cm³/mol. The topological polar surface area (TPSA) is 12.9 Å². The molecule has 0 saturated carbocycles. The van der Waals surface area contributed by atoms with Gasteiger partial charge in [0.2, 0.25) is 0 Å². The van der Waals surface area contributed by atoms with Crippen LogP contribution in [0.3, 0.4) is 0 Å². The van der Waals surface area contributed by atoms with Crippen LogP contribution in [-0.4, -0.2) is 4.98 Å². The van der Waals surface area contributed by atoms with Crippen molar-refractivity contribution < 1.29 is 0 Å². The first-order valence-electron chi connectivity index (χ1n) is 20.9. The molecule has 1 aliphatic rings. The summed E-state index contributed by atoms with van der Waals surface area (Å²) in [6.07, 6.45) is 11.1. The van der Waals surface area contributed by atoms with Gasteiger partial charge >= 0.3 is 0 Å². The third kappa shape index (κ3) is 6.15. The van der Waals surface area contributed by atoms with E-state index in [0.717, 1.165) is 23.7 Å². The van der Waals surface area contributed by atoms with Crippen molar-refractivity contribution >= 4 is 38.0 Å². The lowest BCUT2D eigenvalue weighted by Crippen LogP contribution is -2.00. The average molecular weight is 764 g/mol. The quantitative estimate of drug-likeness (QED) is 0.147. The van der Waals surface area contributed by atoms with Gasteiger partial charge in [0.05, 0.1) is 5.52 Å². The molecule has 0 spiro atoms. The second kappa shape index (κ2) is 15.3. The number of benzene rings is 9. The van der Waals surface area contributed by atoms with E-state index in [0.29, 0.717) is 0 Å².